The Labute approximate surface area is 158 Å². The van der Waals surface area contributed by atoms with Crippen molar-refractivity contribution in [3.8, 4) is 11.5 Å². The van der Waals surface area contributed by atoms with Crippen LogP contribution in [-0.2, 0) is 10.2 Å². The first kappa shape index (κ1) is 18.8. The molecule has 0 aliphatic carbocycles. The van der Waals surface area contributed by atoms with E-state index >= 15 is 0 Å². The number of furan rings is 1. The van der Waals surface area contributed by atoms with Crippen molar-refractivity contribution in [3.63, 3.8) is 0 Å². The topological polar surface area (TPSA) is 89.8 Å². The number of rotatable bonds is 6. The fourth-order valence-corrected chi connectivity index (χ4v) is 2.91. The van der Waals surface area contributed by atoms with Crippen molar-refractivity contribution in [3.05, 3.63) is 46.9 Å². The highest BCUT2D eigenvalue weighted by molar-refractivity contribution is 5.97. The Morgan fingerprint density at radius 3 is 2.52 bits per heavy atom. The van der Waals surface area contributed by atoms with E-state index in [-0.39, 0.29) is 30.6 Å². The molecule has 0 spiro atoms. The number of hydrogen-bond donors (Lipinski definition) is 2. The molecule has 3 rings (SSSR count). The van der Waals surface area contributed by atoms with Crippen LogP contribution in [0.1, 0.15) is 41.3 Å². The highest BCUT2D eigenvalue weighted by Gasteiger charge is 2.25. The minimum absolute atomic E-state index is 0.0975. The van der Waals surface area contributed by atoms with E-state index in [0.29, 0.717) is 29.4 Å². The minimum Gasteiger partial charge on any atom is -0.466 e. The fourth-order valence-electron chi connectivity index (χ4n) is 2.91. The van der Waals surface area contributed by atoms with E-state index in [2.05, 4.69) is 10.6 Å². The van der Waals surface area contributed by atoms with Gasteiger partial charge in [-0.1, -0.05) is 19.9 Å². The van der Waals surface area contributed by atoms with E-state index in [4.69, 9.17) is 13.9 Å². The van der Waals surface area contributed by atoms with Gasteiger partial charge in [0.15, 0.2) is 11.5 Å². The lowest BCUT2D eigenvalue weighted by molar-refractivity contribution is -0.120. The van der Waals surface area contributed by atoms with Gasteiger partial charge in [-0.05, 0) is 37.6 Å². The Bertz CT molecular complexity index is 869. The zero-order chi connectivity index (χ0) is 19.6. The van der Waals surface area contributed by atoms with Crippen LogP contribution in [0.2, 0.25) is 0 Å². The Balaban J connectivity index is 1.52. The van der Waals surface area contributed by atoms with Crippen molar-refractivity contribution in [1.82, 2.24) is 10.6 Å². The molecule has 1 aromatic carbocycles. The summed E-state index contributed by atoms with van der Waals surface area (Å²) in [6.07, 6.45) is 0. The predicted molar refractivity (Wildman–Crippen MR) is 99.1 cm³/mol. The minimum atomic E-state index is -0.325. The van der Waals surface area contributed by atoms with Crippen LogP contribution in [0.25, 0.3) is 0 Å². The van der Waals surface area contributed by atoms with Crippen LogP contribution < -0.4 is 20.1 Å². The standard InChI is InChI=1S/C20H24N2O5/c1-12-7-15(13(2)27-12)19(24)21-9-18(23)22-10-20(3,4)14-5-6-16-17(8-14)26-11-25-16/h5-8H,9-11H2,1-4H3,(H,21,24)(H,22,23). The normalized spacial score (nSPS) is 12.7. The Kier molecular flexibility index (Phi) is 5.12. The number of carbonyl (C=O) groups is 2. The zero-order valence-corrected chi connectivity index (χ0v) is 16.0. The quantitative estimate of drug-likeness (QED) is 0.813. The van der Waals surface area contributed by atoms with Crippen LogP contribution in [0, 0.1) is 13.8 Å². The predicted octanol–water partition coefficient (Wildman–Crippen LogP) is 2.45. The molecular formula is C20H24N2O5. The Morgan fingerprint density at radius 2 is 1.81 bits per heavy atom. The largest absolute Gasteiger partial charge is 0.466 e. The third kappa shape index (κ3) is 4.24. The van der Waals surface area contributed by atoms with Crippen molar-refractivity contribution < 1.29 is 23.5 Å². The third-order valence-corrected chi connectivity index (χ3v) is 4.58. The molecule has 144 valence electrons. The van der Waals surface area contributed by atoms with Crippen LogP contribution in [0.3, 0.4) is 0 Å². The van der Waals surface area contributed by atoms with Gasteiger partial charge >= 0.3 is 0 Å². The van der Waals surface area contributed by atoms with Crippen molar-refractivity contribution in [1.29, 1.82) is 0 Å². The SMILES string of the molecule is Cc1cc(C(=O)NCC(=O)NCC(C)(C)c2ccc3c(c2)OCO3)c(C)o1. The first-order chi connectivity index (χ1) is 12.8. The lowest BCUT2D eigenvalue weighted by Gasteiger charge is -2.26. The number of nitrogens with one attached hydrogen (secondary N) is 2. The van der Waals surface area contributed by atoms with Crippen molar-refractivity contribution in [2.45, 2.75) is 33.1 Å². The van der Waals surface area contributed by atoms with Crippen LogP contribution in [-0.4, -0.2) is 31.7 Å². The summed E-state index contributed by atoms with van der Waals surface area (Å²) in [4.78, 5) is 24.3. The van der Waals surface area contributed by atoms with Crippen LogP contribution >= 0.6 is 0 Å². The molecule has 2 N–H and O–H groups in total. The van der Waals surface area contributed by atoms with Crippen molar-refractivity contribution in [2.24, 2.45) is 0 Å². The Morgan fingerprint density at radius 1 is 1.07 bits per heavy atom. The molecule has 0 bridgehead atoms. The Hall–Kier alpha value is -2.96. The summed E-state index contributed by atoms with van der Waals surface area (Å²) >= 11 is 0. The number of aryl methyl sites for hydroxylation is 2. The lowest BCUT2D eigenvalue weighted by atomic mass is 9.84. The molecule has 1 aliphatic rings. The summed E-state index contributed by atoms with van der Waals surface area (Å²) in [5, 5.41) is 5.48. The van der Waals surface area contributed by atoms with Gasteiger partial charge in [0.25, 0.3) is 5.91 Å². The summed E-state index contributed by atoms with van der Waals surface area (Å²) < 4.78 is 16.1. The van der Waals surface area contributed by atoms with Gasteiger partial charge in [0.05, 0.1) is 12.1 Å². The molecule has 2 heterocycles. The average Bonchev–Trinajstić information content (AvgIpc) is 3.23. The number of fused-ring (bicyclic) bond motifs is 1. The van der Waals surface area contributed by atoms with E-state index in [1.807, 2.05) is 32.0 Å². The van der Waals surface area contributed by atoms with Gasteiger partial charge in [-0.15, -0.1) is 0 Å². The van der Waals surface area contributed by atoms with Crippen molar-refractivity contribution in [2.75, 3.05) is 19.9 Å². The molecule has 1 aliphatic heterocycles. The molecule has 1 aromatic heterocycles. The average molecular weight is 372 g/mol. The number of ether oxygens (including phenoxy) is 2. The fraction of sp³-hybridized carbons (Fsp3) is 0.400. The summed E-state index contributed by atoms with van der Waals surface area (Å²) in [6, 6.07) is 7.42. The second-order valence-electron chi connectivity index (χ2n) is 7.24. The number of amides is 2. The summed E-state index contributed by atoms with van der Waals surface area (Å²) in [5.41, 5.74) is 1.17. The van der Waals surface area contributed by atoms with Gasteiger partial charge < -0.3 is 24.5 Å². The highest BCUT2D eigenvalue weighted by atomic mass is 16.7. The van der Waals surface area contributed by atoms with Gasteiger partial charge in [-0.2, -0.15) is 0 Å². The van der Waals surface area contributed by atoms with E-state index in [1.54, 1.807) is 19.9 Å². The molecule has 0 fully saturated rings. The number of carbonyl (C=O) groups excluding carboxylic acids is 2. The molecule has 2 amide bonds. The monoisotopic (exact) mass is 372 g/mol. The first-order valence-electron chi connectivity index (χ1n) is 8.78. The molecular weight excluding hydrogens is 348 g/mol. The van der Waals surface area contributed by atoms with Gasteiger partial charge in [0, 0.05) is 12.0 Å². The molecule has 27 heavy (non-hydrogen) atoms. The number of benzene rings is 1. The molecule has 7 heteroatoms. The molecule has 7 nitrogen and oxygen atoms in total. The third-order valence-electron chi connectivity index (χ3n) is 4.58. The molecule has 0 saturated carbocycles. The highest BCUT2D eigenvalue weighted by Crippen LogP contribution is 2.36. The summed E-state index contributed by atoms with van der Waals surface area (Å²) in [5.74, 6) is 2.06. The second kappa shape index (κ2) is 7.34. The van der Waals surface area contributed by atoms with Gasteiger partial charge in [-0.25, -0.2) is 0 Å². The molecule has 0 saturated heterocycles. The molecule has 0 atom stereocenters. The van der Waals surface area contributed by atoms with Crippen molar-refractivity contribution >= 4 is 11.8 Å². The van der Waals surface area contributed by atoms with Gasteiger partial charge in [-0.3, -0.25) is 9.59 Å². The van der Waals surface area contributed by atoms with E-state index in [9.17, 15) is 9.59 Å². The summed E-state index contributed by atoms with van der Waals surface area (Å²) in [6.45, 7) is 8.10. The maximum Gasteiger partial charge on any atom is 0.255 e. The maximum atomic E-state index is 12.1. The van der Waals surface area contributed by atoms with Crippen LogP contribution in [0.5, 0.6) is 11.5 Å². The van der Waals surface area contributed by atoms with Gasteiger partial charge in [0.1, 0.15) is 11.5 Å². The van der Waals surface area contributed by atoms with E-state index in [1.165, 1.54) is 0 Å². The first-order valence-corrected chi connectivity index (χ1v) is 8.78. The number of hydrogen-bond acceptors (Lipinski definition) is 5. The maximum absolute atomic E-state index is 12.1. The van der Waals surface area contributed by atoms with E-state index < -0.39 is 0 Å². The smallest absolute Gasteiger partial charge is 0.255 e. The summed E-state index contributed by atoms with van der Waals surface area (Å²) in [7, 11) is 0. The van der Waals surface area contributed by atoms with Crippen LogP contribution in [0.4, 0.5) is 0 Å². The molecule has 0 unspecified atom stereocenters. The second-order valence-corrected chi connectivity index (χ2v) is 7.24. The van der Waals surface area contributed by atoms with E-state index in [0.717, 1.165) is 11.3 Å². The molecule has 0 radical (unpaired) electrons. The lowest BCUT2D eigenvalue weighted by Crippen LogP contribution is -2.42. The van der Waals surface area contributed by atoms with Crippen LogP contribution in [0.15, 0.2) is 28.7 Å². The van der Waals surface area contributed by atoms with Gasteiger partial charge in [0.2, 0.25) is 12.7 Å². The zero-order valence-electron chi connectivity index (χ0n) is 16.0. The molecule has 2 aromatic rings.